The highest BCUT2D eigenvalue weighted by Crippen LogP contribution is 2.45. The van der Waals surface area contributed by atoms with Crippen molar-refractivity contribution in [3.63, 3.8) is 0 Å². The molecule has 0 aliphatic rings. The summed E-state index contributed by atoms with van der Waals surface area (Å²) in [6.07, 6.45) is 0. The van der Waals surface area contributed by atoms with E-state index in [1.165, 1.54) is 53.2 Å². The van der Waals surface area contributed by atoms with Gasteiger partial charge in [0.25, 0.3) is 0 Å². The van der Waals surface area contributed by atoms with Gasteiger partial charge in [0.2, 0.25) is 0 Å². The molecule has 0 aliphatic heterocycles. The average molecular weight is 720 g/mol. The van der Waals surface area contributed by atoms with Crippen molar-refractivity contribution >= 4 is 81.3 Å². The summed E-state index contributed by atoms with van der Waals surface area (Å²) >= 11 is 1.87. The molecule has 55 heavy (non-hydrogen) atoms. The van der Waals surface area contributed by atoms with Gasteiger partial charge in [-0.3, -0.25) is 0 Å². The number of fused-ring (bicyclic) bond motifs is 7. The molecule has 2 heterocycles. The highest BCUT2D eigenvalue weighted by molar-refractivity contribution is 7.26. The van der Waals surface area contributed by atoms with Crippen LogP contribution in [0.25, 0.3) is 86.3 Å². The van der Waals surface area contributed by atoms with Crippen molar-refractivity contribution < 1.29 is 4.42 Å². The standard InChI is InChI=1S/C52H33NOS/c1-3-12-34(13-4-1)35-26-28-40(29-27-35)53(39-15-5-2-6-16-39)41-30-31-44-47-32-38-14-7-8-17-42(38)50(51(47)54-48(44)33-41)37-24-22-36(23-25-37)43-19-11-20-46-45-18-9-10-21-49(45)55-52(43)46/h1-33H. The first-order valence-electron chi connectivity index (χ1n) is 18.7. The molecule has 0 saturated carbocycles. The zero-order valence-corrected chi connectivity index (χ0v) is 30.6. The second kappa shape index (κ2) is 12.9. The third kappa shape index (κ3) is 5.32. The van der Waals surface area contributed by atoms with Crippen LogP contribution in [0.1, 0.15) is 0 Å². The third-order valence-electron chi connectivity index (χ3n) is 10.9. The van der Waals surface area contributed by atoms with Crippen molar-refractivity contribution in [3.8, 4) is 33.4 Å². The van der Waals surface area contributed by atoms with E-state index in [-0.39, 0.29) is 0 Å². The number of benzene rings is 9. The van der Waals surface area contributed by atoms with Gasteiger partial charge in [-0.05, 0) is 87.1 Å². The van der Waals surface area contributed by atoms with Crippen LogP contribution in [0, 0.1) is 0 Å². The lowest BCUT2D eigenvalue weighted by Crippen LogP contribution is -2.09. The minimum Gasteiger partial charge on any atom is -0.455 e. The topological polar surface area (TPSA) is 16.4 Å². The third-order valence-corrected chi connectivity index (χ3v) is 12.1. The van der Waals surface area contributed by atoms with Crippen LogP contribution in [-0.2, 0) is 0 Å². The fourth-order valence-corrected chi connectivity index (χ4v) is 9.48. The molecule has 0 fully saturated rings. The summed E-state index contributed by atoms with van der Waals surface area (Å²) in [6.45, 7) is 0. The van der Waals surface area contributed by atoms with E-state index in [2.05, 4.69) is 205 Å². The number of anilines is 3. The van der Waals surface area contributed by atoms with Gasteiger partial charge in [0.1, 0.15) is 11.2 Å². The van der Waals surface area contributed by atoms with Gasteiger partial charge in [0.15, 0.2) is 0 Å². The number of hydrogen-bond donors (Lipinski definition) is 0. The Labute approximate surface area is 322 Å². The fraction of sp³-hybridized carbons (Fsp3) is 0. The van der Waals surface area contributed by atoms with Gasteiger partial charge in [-0.25, -0.2) is 0 Å². The highest BCUT2D eigenvalue weighted by Gasteiger charge is 2.20. The van der Waals surface area contributed by atoms with Gasteiger partial charge in [-0.1, -0.05) is 146 Å². The van der Waals surface area contributed by atoms with E-state index in [0.29, 0.717) is 0 Å². The smallest absolute Gasteiger partial charge is 0.143 e. The maximum atomic E-state index is 6.97. The van der Waals surface area contributed by atoms with Crippen LogP contribution in [-0.4, -0.2) is 0 Å². The van der Waals surface area contributed by atoms with E-state index < -0.39 is 0 Å². The molecule has 11 rings (SSSR count). The molecule has 0 atom stereocenters. The Bertz CT molecular complexity index is 3180. The number of nitrogens with zero attached hydrogens (tertiary/aromatic N) is 1. The second-order valence-corrected chi connectivity index (χ2v) is 15.1. The summed E-state index contributed by atoms with van der Waals surface area (Å²) < 4.78 is 9.61. The molecule has 0 N–H and O–H groups in total. The van der Waals surface area contributed by atoms with Gasteiger partial charge in [0.05, 0.1) is 0 Å². The summed E-state index contributed by atoms with van der Waals surface area (Å²) in [4.78, 5) is 2.30. The Kier molecular flexibility index (Phi) is 7.39. The molecule has 258 valence electrons. The molecular formula is C52H33NOS. The predicted molar refractivity (Wildman–Crippen MR) is 235 cm³/mol. The quantitative estimate of drug-likeness (QED) is 0.170. The molecular weight excluding hydrogens is 687 g/mol. The first-order valence-corrected chi connectivity index (χ1v) is 19.5. The van der Waals surface area contributed by atoms with Crippen LogP contribution < -0.4 is 4.90 Å². The molecule has 9 aromatic carbocycles. The minimum absolute atomic E-state index is 0.860. The van der Waals surface area contributed by atoms with Gasteiger partial charge in [-0.15, -0.1) is 11.3 Å². The van der Waals surface area contributed by atoms with Gasteiger partial charge in [0, 0.05) is 59.6 Å². The first-order chi connectivity index (χ1) is 27.3. The van der Waals surface area contributed by atoms with Gasteiger partial charge >= 0.3 is 0 Å². The van der Waals surface area contributed by atoms with E-state index in [1.807, 2.05) is 11.3 Å². The molecule has 0 saturated heterocycles. The van der Waals surface area contributed by atoms with Crippen molar-refractivity contribution in [1.29, 1.82) is 0 Å². The van der Waals surface area contributed by atoms with Crippen molar-refractivity contribution in [1.82, 2.24) is 0 Å². The molecule has 3 heteroatoms. The Balaban J connectivity index is 1.04. The highest BCUT2D eigenvalue weighted by atomic mass is 32.1. The molecule has 0 unspecified atom stereocenters. The molecule has 0 amide bonds. The average Bonchev–Trinajstić information content (AvgIpc) is 3.82. The Morgan fingerprint density at radius 2 is 1.00 bits per heavy atom. The van der Waals surface area contributed by atoms with Crippen LogP contribution in [0.2, 0.25) is 0 Å². The number of thiophene rings is 1. The van der Waals surface area contributed by atoms with Crippen molar-refractivity contribution in [2.75, 3.05) is 4.90 Å². The maximum absolute atomic E-state index is 6.97. The summed E-state index contributed by atoms with van der Waals surface area (Å²) in [6, 6.07) is 71.9. The second-order valence-electron chi connectivity index (χ2n) is 14.1. The molecule has 2 aromatic heterocycles. The molecule has 11 aromatic rings. The number of hydrogen-bond acceptors (Lipinski definition) is 3. The Hall–Kier alpha value is -6.94. The first kappa shape index (κ1) is 31.6. The Morgan fingerprint density at radius 1 is 0.382 bits per heavy atom. The van der Waals surface area contributed by atoms with Crippen LogP contribution in [0.3, 0.4) is 0 Å². The van der Waals surface area contributed by atoms with Crippen LogP contribution in [0.4, 0.5) is 17.1 Å². The van der Waals surface area contributed by atoms with E-state index in [0.717, 1.165) is 50.1 Å². The number of para-hydroxylation sites is 1. The largest absolute Gasteiger partial charge is 0.455 e. The number of rotatable bonds is 6. The zero-order chi connectivity index (χ0) is 36.3. The van der Waals surface area contributed by atoms with E-state index in [9.17, 15) is 0 Å². The van der Waals surface area contributed by atoms with Crippen molar-refractivity contribution in [2.45, 2.75) is 0 Å². The van der Waals surface area contributed by atoms with Crippen LogP contribution >= 0.6 is 11.3 Å². The Morgan fingerprint density at radius 3 is 1.82 bits per heavy atom. The molecule has 0 aliphatic carbocycles. The van der Waals surface area contributed by atoms with Crippen molar-refractivity contribution in [2.24, 2.45) is 0 Å². The monoisotopic (exact) mass is 719 g/mol. The van der Waals surface area contributed by atoms with Crippen molar-refractivity contribution in [3.05, 3.63) is 200 Å². The maximum Gasteiger partial charge on any atom is 0.143 e. The SMILES string of the molecule is c1ccc(-c2ccc(N(c3ccccc3)c3ccc4c(c3)oc3c(-c5ccc(-c6cccc7c6sc6ccccc67)cc5)c5ccccc5cc34)cc2)cc1. The molecule has 2 nitrogen and oxygen atoms in total. The lowest BCUT2D eigenvalue weighted by Gasteiger charge is -2.25. The minimum atomic E-state index is 0.860. The molecule has 0 spiro atoms. The zero-order valence-electron chi connectivity index (χ0n) is 29.8. The van der Waals surface area contributed by atoms with E-state index >= 15 is 0 Å². The van der Waals surface area contributed by atoms with Gasteiger partial charge in [-0.2, -0.15) is 0 Å². The fourth-order valence-electron chi connectivity index (χ4n) is 8.24. The lowest BCUT2D eigenvalue weighted by atomic mass is 9.93. The lowest BCUT2D eigenvalue weighted by molar-refractivity contribution is 0.670. The van der Waals surface area contributed by atoms with E-state index in [1.54, 1.807) is 0 Å². The molecule has 0 bridgehead atoms. The summed E-state index contributed by atoms with van der Waals surface area (Å²) in [7, 11) is 0. The van der Waals surface area contributed by atoms with Gasteiger partial charge < -0.3 is 9.32 Å². The number of furan rings is 1. The summed E-state index contributed by atoms with van der Waals surface area (Å²) in [5.74, 6) is 0. The molecule has 0 radical (unpaired) electrons. The van der Waals surface area contributed by atoms with E-state index in [4.69, 9.17) is 4.42 Å². The summed E-state index contributed by atoms with van der Waals surface area (Å²) in [5.41, 5.74) is 12.1. The normalized spacial score (nSPS) is 11.6. The van der Waals surface area contributed by atoms with Crippen LogP contribution in [0.5, 0.6) is 0 Å². The summed E-state index contributed by atoms with van der Waals surface area (Å²) in [5, 5.41) is 7.23. The van der Waals surface area contributed by atoms with Crippen LogP contribution in [0.15, 0.2) is 205 Å². The predicted octanol–water partition coefficient (Wildman–Crippen LogP) is 15.6.